The number of nitrogens with zero attached hydrogens (tertiary/aromatic N) is 1. The molecule has 3 rings (SSSR count). The lowest BCUT2D eigenvalue weighted by molar-refractivity contribution is 0.584. The van der Waals surface area contributed by atoms with Crippen LogP contribution in [-0.2, 0) is 0 Å². The highest BCUT2D eigenvalue weighted by Gasteiger charge is 2.08. The molecule has 0 fully saturated rings. The number of hydrogen-bond acceptors (Lipinski definition) is 1. The van der Waals surface area contributed by atoms with Crippen molar-refractivity contribution >= 4 is 0 Å². The molecule has 4 heteroatoms. The zero-order valence-corrected chi connectivity index (χ0v) is 9.90. The van der Waals surface area contributed by atoms with Crippen LogP contribution in [0.4, 0.5) is 8.78 Å². The van der Waals surface area contributed by atoms with Crippen LogP contribution in [0.25, 0.3) is 22.5 Å². The second-order valence-corrected chi connectivity index (χ2v) is 4.19. The number of rotatable bonds is 2. The Morgan fingerprint density at radius 2 is 1.47 bits per heavy atom. The van der Waals surface area contributed by atoms with Gasteiger partial charge in [0.05, 0.1) is 11.4 Å². The predicted octanol–water partition coefficient (Wildman–Crippen LogP) is 4.02. The Hall–Kier alpha value is -2.49. The molecule has 3 aromatic rings. The predicted molar refractivity (Wildman–Crippen MR) is 69.4 cm³/mol. The second kappa shape index (κ2) is 4.65. The Morgan fingerprint density at radius 1 is 0.789 bits per heavy atom. The van der Waals surface area contributed by atoms with Crippen LogP contribution in [0.15, 0.2) is 54.6 Å². The second-order valence-electron chi connectivity index (χ2n) is 4.19. The first-order valence-electron chi connectivity index (χ1n) is 5.80. The molecule has 0 spiro atoms. The van der Waals surface area contributed by atoms with Gasteiger partial charge in [0, 0.05) is 11.6 Å². The van der Waals surface area contributed by atoms with Crippen molar-refractivity contribution in [3.63, 3.8) is 0 Å². The fourth-order valence-electron chi connectivity index (χ4n) is 1.94. The molecule has 0 saturated heterocycles. The van der Waals surface area contributed by atoms with Crippen LogP contribution in [0.5, 0.6) is 0 Å². The summed E-state index contributed by atoms with van der Waals surface area (Å²) in [6, 6.07) is 14.7. The van der Waals surface area contributed by atoms with Crippen LogP contribution in [0.3, 0.4) is 0 Å². The molecule has 0 unspecified atom stereocenters. The first-order chi connectivity index (χ1) is 9.22. The molecule has 0 radical (unpaired) electrons. The van der Waals surface area contributed by atoms with Gasteiger partial charge in [-0.1, -0.05) is 30.3 Å². The number of benzene rings is 2. The van der Waals surface area contributed by atoms with Gasteiger partial charge in [-0.15, -0.1) is 0 Å². The van der Waals surface area contributed by atoms with Crippen molar-refractivity contribution in [1.29, 1.82) is 0 Å². The van der Waals surface area contributed by atoms with Gasteiger partial charge in [0.1, 0.15) is 11.6 Å². The van der Waals surface area contributed by atoms with Crippen molar-refractivity contribution in [2.45, 2.75) is 0 Å². The number of halogens is 2. The molecule has 1 N–H and O–H groups in total. The van der Waals surface area contributed by atoms with Gasteiger partial charge in [-0.3, -0.25) is 5.10 Å². The van der Waals surface area contributed by atoms with Crippen LogP contribution < -0.4 is 0 Å². The molecule has 1 aromatic heterocycles. The average Bonchev–Trinajstić information content (AvgIpc) is 2.88. The van der Waals surface area contributed by atoms with E-state index in [2.05, 4.69) is 10.2 Å². The lowest BCUT2D eigenvalue weighted by atomic mass is 10.1. The molecule has 0 amide bonds. The van der Waals surface area contributed by atoms with E-state index >= 15 is 0 Å². The standard InChI is InChI=1S/C15H10F2N2/c16-12-6-11(7-13(17)8-12)15-9-14(18-19-15)10-4-2-1-3-5-10/h1-9H,(H,18,19). The van der Waals surface area contributed by atoms with E-state index in [4.69, 9.17) is 0 Å². The summed E-state index contributed by atoms with van der Waals surface area (Å²) in [6.07, 6.45) is 0. The quantitative estimate of drug-likeness (QED) is 0.737. The SMILES string of the molecule is Fc1cc(F)cc(-c2cc(-c3ccccc3)[nH]n2)c1. The zero-order chi connectivity index (χ0) is 13.2. The molecule has 2 aromatic carbocycles. The fourth-order valence-corrected chi connectivity index (χ4v) is 1.94. The van der Waals surface area contributed by atoms with Gasteiger partial charge in [0.25, 0.3) is 0 Å². The maximum Gasteiger partial charge on any atom is 0.126 e. The van der Waals surface area contributed by atoms with E-state index in [0.29, 0.717) is 11.3 Å². The molecule has 0 aliphatic heterocycles. The third-order valence-corrected chi connectivity index (χ3v) is 2.82. The molecule has 1 heterocycles. The molecule has 0 bridgehead atoms. The molecular formula is C15H10F2N2. The van der Waals surface area contributed by atoms with Gasteiger partial charge in [0.2, 0.25) is 0 Å². The van der Waals surface area contributed by atoms with Crippen molar-refractivity contribution in [1.82, 2.24) is 10.2 Å². The van der Waals surface area contributed by atoms with Crippen molar-refractivity contribution in [2.24, 2.45) is 0 Å². The number of aromatic amines is 1. The average molecular weight is 256 g/mol. The Kier molecular flexibility index (Phi) is 2.83. The maximum absolute atomic E-state index is 13.2. The van der Waals surface area contributed by atoms with E-state index in [0.717, 1.165) is 17.3 Å². The number of H-pyrrole nitrogens is 1. The minimum Gasteiger partial charge on any atom is -0.277 e. The summed E-state index contributed by atoms with van der Waals surface area (Å²) in [5.74, 6) is -1.22. The summed E-state index contributed by atoms with van der Waals surface area (Å²) >= 11 is 0. The van der Waals surface area contributed by atoms with Crippen LogP contribution in [0.2, 0.25) is 0 Å². The van der Waals surface area contributed by atoms with E-state index in [1.807, 2.05) is 30.3 Å². The van der Waals surface area contributed by atoms with Crippen molar-refractivity contribution < 1.29 is 8.78 Å². The normalized spacial score (nSPS) is 10.6. The highest BCUT2D eigenvalue weighted by Crippen LogP contribution is 2.24. The first kappa shape index (κ1) is 11.6. The highest BCUT2D eigenvalue weighted by molar-refractivity contribution is 5.68. The molecular weight excluding hydrogens is 246 g/mol. The lowest BCUT2D eigenvalue weighted by Gasteiger charge is -1.97. The Bertz CT molecular complexity index is 685. The third kappa shape index (κ3) is 2.38. The zero-order valence-electron chi connectivity index (χ0n) is 9.90. The third-order valence-electron chi connectivity index (χ3n) is 2.82. The first-order valence-corrected chi connectivity index (χ1v) is 5.80. The van der Waals surface area contributed by atoms with Crippen LogP contribution in [0, 0.1) is 11.6 Å². The van der Waals surface area contributed by atoms with E-state index < -0.39 is 11.6 Å². The van der Waals surface area contributed by atoms with Gasteiger partial charge in [-0.2, -0.15) is 5.10 Å². The van der Waals surface area contributed by atoms with Gasteiger partial charge in [-0.05, 0) is 23.8 Å². The molecule has 0 aliphatic carbocycles. The molecule has 94 valence electrons. The van der Waals surface area contributed by atoms with Crippen molar-refractivity contribution in [2.75, 3.05) is 0 Å². The van der Waals surface area contributed by atoms with Gasteiger partial charge < -0.3 is 0 Å². The lowest BCUT2D eigenvalue weighted by Crippen LogP contribution is -1.84. The largest absolute Gasteiger partial charge is 0.277 e. The molecule has 0 saturated carbocycles. The minimum absolute atomic E-state index is 0.413. The molecule has 0 aliphatic rings. The Balaban J connectivity index is 2.02. The minimum atomic E-state index is -0.612. The summed E-state index contributed by atoms with van der Waals surface area (Å²) in [7, 11) is 0. The Morgan fingerprint density at radius 3 is 2.16 bits per heavy atom. The number of hydrogen-bond donors (Lipinski definition) is 1. The van der Waals surface area contributed by atoms with Crippen LogP contribution in [-0.4, -0.2) is 10.2 Å². The summed E-state index contributed by atoms with van der Waals surface area (Å²) in [4.78, 5) is 0. The fraction of sp³-hybridized carbons (Fsp3) is 0. The summed E-state index contributed by atoms with van der Waals surface area (Å²) in [5.41, 5.74) is 2.70. The molecule has 19 heavy (non-hydrogen) atoms. The van der Waals surface area contributed by atoms with Gasteiger partial charge in [-0.25, -0.2) is 8.78 Å². The van der Waals surface area contributed by atoms with Crippen LogP contribution in [0.1, 0.15) is 0 Å². The maximum atomic E-state index is 13.2. The van der Waals surface area contributed by atoms with E-state index in [1.54, 1.807) is 6.07 Å². The Labute approximate surface area is 108 Å². The van der Waals surface area contributed by atoms with E-state index in [1.165, 1.54) is 12.1 Å². The topological polar surface area (TPSA) is 28.7 Å². The molecule has 2 nitrogen and oxygen atoms in total. The van der Waals surface area contributed by atoms with E-state index in [-0.39, 0.29) is 0 Å². The van der Waals surface area contributed by atoms with Crippen molar-refractivity contribution in [3.05, 3.63) is 66.2 Å². The smallest absolute Gasteiger partial charge is 0.126 e. The van der Waals surface area contributed by atoms with Crippen molar-refractivity contribution in [3.8, 4) is 22.5 Å². The van der Waals surface area contributed by atoms with Gasteiger partial charge >= 0.3 is 0 Å². The summed E-state index contributed by atoms with van der Waals surface area (Å²) in [5, 5.41) is 6.95. The summed E-state index contributed by atoms with van der Waals surface area (Å²) in [6.45, 7) is 0. The summed E-state index contributed by atoms with van der Waals surface area (Å²) < 4.78 is 26.3. The number of nitrogens with one attached hydrogen (secondary N) is 1. The van der Waals surface area contributed by atoms with Gasteiger partial charge in [0.15, 0.2) is 0 Å². The molecule has 0 atom stereocenters. The van der Waals surface area contributed by atoms with Crippen LogP contribution >= 0.6 is 0 Å². The monoisotopic (exact) mass is 256 g/mol. The highest BCUT2D eigenvalue weighted by atomic mass is 19.1. The van der Waals surface area contributed by atoms with E-state index in [9.17, 15) is 8.78 Å². The number of aromatic nitrogens is 2.